The normalized spacial score (nSPS) is 25.8. The first-order valence-electron chi connectivity index (χ1n) is 13.3. The number of imidazole rings is 1. The van der Waals surface area contributed by atoms with Crippen molar-refractivity contribution >= 4 is 34.2 Å². The molecule has 1 heterocycles. The molecule has 4 aromatic rings. The fraction of sp³-hybridized carbons (Fsp3) is 0.323. The largest absolute Gasteiger partial charge is 0.338 e. The molecule has 4 aliphatic carbocycles. The molecule has 0 aliphatic heterocycles. The van der Waals surface area contributed by atoms with Crippen LogP contribution in [-0.4, -0.2) is 21.8 Å². The van der Waals surface area contributed by atoms with Crippen LogP contribution >= 0.6 is 0 Å². The zero-order valence-electron chi connectivity index (χ0n) is 20.7. The van der Waals surface area contributed by atoms with Gasteiger partial charge in [-0.15, -0.1) is 0 Å². The standard InChI is InChI=1S/C31H30N4O2/c36-29(32-24-4-2-1-3-5-24)23-8-6-22(7-9-23)28-34-26-11-10-25(15-27(26)35-28)33-30(37)31-16-19-12-20(17-31)14-21(13-19)18-31/h1-11,15,19-21H,12-14,16-18H2,(H,32,36)(H,33,37)(H,34,35). The molecule has 8 rings (SSSR count). The summed E-state index contributed by atoms with van der Waals surface area (Å²) in [6, 6.07) is 22.7. The Hall–Kier alpha value is -3.93. The smallest absolute Gasteiger partial charge is 0.255 e. The Balaban J connectivity index is 1.07. The molecule has 0 saturated heterocycles. The second-order valence-electron chi connectivity index (χ2n) is 11.4. The fourth-order valence-corrected chi connectivity index (χ4v) is 7.38. The maximum atomic E-state index is 13.5. The second-order valence-corrected chi connectivity index (χ2v) is 11.4. The van der Waals surface area contributed by atoms with E-state index in [1.807, 2.05) is 60.7 Å². The Morgan fingerprint density at radius 1 is 0.784 bits per heavy atom. The summed E-state index contributed by atoms with van der Waals surface area (Å²) in [5, 5.41) is 6.15. The summed E-state index contributed by atoms with van der Waals surface area (Å²) in [6.45, 7) is 0. The van der Waals surface area contributed by atoms with Crippen LogP contribution in [0.4, 0.5) is 11.4 Å². The van der Waals surface area contributed by atoms with Crippen molar-refractivity contribution in [2.24, 2.45) is 23.2 Å². The molecule has 0 radical (unpaired) electrons. The molecule has 4 fully saturated rings. The van der Waals surface area contributed by atoms with Crippen LogP contribution in [0.5, 0.6) is 0 Å². The summed E-state index contributed by atoms with van der Waals surface area (Å²) in [5.41, 5.74) is 4.61. The van der Waals surface area contributed by atoms with Gasteiger partial charge in [0, 0.05) is 22.5 Å². The lowest BCUT2D eigenvalue weighted by molar-refractivity contribution is -0.140. The predicted molar refractivity (Wildman–Crippen MR) is 145 cm³/mol. The average molecular weight is 491 g/mol. The van der Waals surface area contributed by atoms with E-state index < -0.39 is 0 Å². The Labute approximate surface area is 215 Å². The van der Waals surface area contributed by atoms with Gasteiger partial charge in [-0.2, -0.15) is 0 Å². The third-order valence-corrected chi connectivity index (χ3v) is 8.71. The number of aromatic nitrogens is 2. The summed E-state index contributed by atoms with van der Waals surface area (Å²) >= 11 is 0. The summed E-state index contributed by atoms with van der Waals surface area (Å²) in [5.74, 6) is 3.01. The summed E-state index contributed by atoms with van der Waals surface area (Å²) in [4.78, 5) is 34.1. The van der Waals surface area contributed by atoms with Crippen LogP contribution in [-0.2, 0) is 4.79 Å². The van der Waals surface area contributed by atoms with Crippen LogP contribution in [0.3, 0.4) is 0 Å². The van der Waals surface area contributed by atoms with E-state index in [-0.39, 0.29) is 17.2 Å². The van der Waals surface area contributed by atoms with Crippen molar-refractivity contribution in [1.29, 1.82) is 0 Å². The fourth-order valence-electron chi connectivity index (χ4n) is 7.38. The molecule has 1 aromatic heterocycles. The summed E-state index contributed by atoms with van der Waals surface area (Å²) in [6.07, 6.45) is 7.15. The zero-order valence-corrected chi connectivity index (χ0v) is 20.7. The van der Waals surface area contributed by atoms with Crippen LogP contribution in [0.1, 0.15) is 48.9 Å². The maximum absolute atomic E-state index is 13.5. The van der Waals surface area contributed by atoms with Gasteiger partial charge in [-0.25, -0.2) is 4.98 Å². The van der Waals surface area contributed by atoms with Crippen molar-refractivity contribution in [2.75, 3.05) is 10.6 Å². The van der Waals surface area contributed by atoms with E-state index >= 15 is 0 Å². The number of nitrogens with one attached hydrogen (secondary N) is 3. The summed E-state index contributed by atoms with van der Waals surface area (Å²) < 4.78 is 0. The number of amides is 2. The van der Waals surface area contributed by atoms with Crippen molar-refractivity contribution in [3.8, 4) is 11.4 Å². The number of para-hydroxylation sites is 1. The number of H-pyrrole nitrogens is 1. The van der Waals surface area contributed by atoms with Gasteiger partial charge in [-0.1, -0.05) is 30.3 Å². The van der Waals surface area contributed by atoms with Gasteiger partial charge < -0.3 is 15.6 Å². The van der Waals surface area contributed by atoms with E-state index in [0.717, 1.165) is 70.8 Å². The molecule has 4 aliphatic rings. The predicted octanol–water partition coefficient (Wildman–Crippen LogP) is 6.64. The number of hydrogen-bond donors (Lipinski definition) is 3. The second kappa shape index (κ2) is 8.58. The van der Waals surface area contributed by atoms with Gasteiger partial charge in [0.1, 0.15) is 5.82 Å². The Morgan fingerprint density at radius 3 is 2.14 bits per heavy atom. The summed E-state index contributed by atoms with van der Waals surface area (Å²) in [7, 11) is 0. The van der Waals surface area contributed by atoms with Crippen molar-refractivity contribution in [3.63, 3.8) is 0 Å². The maximum Gasteiger partial charge on any atom is 0.255 e. The highest BCUT2D eigenvalue weighted by Gasteiger charge is 2.54. The number of benzene rings is 3. The number of carbonyl (C=O) groups excluding carboxylic acids is 2. The minimum Gasteiger partial charge on any atom is -0.338 e. The highest BCUT2D eigenvalue weighted by atomic mass is 16.2. The number of anilines is 2. The first kappa shape index (κ1) is 22.3. The van der Waals surface area contributed by atoms with Crippen molar-refractivity contribution in [3.05, 3.63) is 78.4 Å². The quantitative estimate of drug-likeness (QED) is 0.293. The van der Waals surface area contributed by atoms with Crippen molar-refractivity contribution in [2.45, 2.75) is 38.5 Å². The third-order valence-electron chi connectivity index (χ3n) is 8.71. The number of hydrogen-bond acceptors (Lipinski definition) is 3. The Bertz CT molecular complexity index is 1450. The van der Waals surface area contributed by atoms with Crippen LogP contribution in [0, 0.1) is 23.2 Å². The van der Waals surface area contributed by atoms with Crippen molar-refractivity contribution < 1.29 is 9.59 Å². The van der Waals surface area contributed by atoms with Gasteiger partial charge in [0.2, 0.25) is 5.91 Å². The molecule has 0 spiro atoms. The molecule has 4 bridgehead atoms. The van der Waals surface area contributed by atoms with E-state index in [4.69, 9.17) is 4.98 Å². The Kier molecular flexibility index (Phi) is 5.17. The molecule has 186 valence electrons. The molecule has 6 nitrogen and oxygen atoms in total. The molecule has 3 aromatic carbocycles. The van der Waals surface area contributed by atoms with E-state index in [2.05, 4.69) is 15.6 Å². The van der Waals surface area contributed by atoms with Crippen LogP contribution < -0.4 is 10.6 Å². The molecule has 37 heavy (non-hydrogen) atoms. The molecule has 0 atom stereocenters. The molecule has 3 N–H and O–H groups in total. The molecular formula is C31H30N4O2. The average Bonchev–Trinajstić information content (AvgIpc) is 3.32. The van der Waals surface area contributed by atoms with Gasteiger partial charge in [0.15, 0.2) is 0 Å². The topological polar surface area (TPSA) is 86.9 Å². The SMILES string of the molecule is O=C(Nc1ccccc1)c1ccc(-c2nc3ccc(NC(=O)C45CC6CC(CC(C6)C4)C5)cc3[nH]2)cc1. The first-order valence-corrected chi connectivity index (χ1v) is 13.3. The molecule has 0 unspecified atom stereocenters. The van der Waals surface area contributed by atoms with Gasteiger partial charge in [0.25, 0.3) is 5.91 Å². The number of carbonyl (C=O) groups is 2. The van der Waals surface area contributed by atoms with Crippen LogP contribution in [0.25, 0.3) is 22.4 Å². The van der Waals surface area contributed by atoms with E-state index in [9.17, 15) is 9.59 Å². The van der Waals surface area contributed by atoms with E-state index in [1.165, 1.54) is 19.3 Å². The number of aromatic amines is 1. The van der Waals surface area contributed by atoms with E-state index in [1.54, 1.807) is 12.1 Å². The van der Waals surface area contributed by atoms with Gasteiger partial charge in [0.05, 0.1) is 16.4 Å². The third kappa shape index (κ3) is 4.10. The minimum absolute atomic E-state index is 0.151. The zero-order chi connectivity index (χ0) is 25.0. The van der Waals surface area contributed by atoms with Gasteiger partial charge in [-0.05, 0) is 98.7 Å². The highest BCUT2D eigenvalue weighted by Crippen LogP contribution is 2.60. The van der Waals surface area contributed by atoms with Crippen molar-refractivity contribution in [1.82, 2.24) is 9.97 Å². The van der Waals surface area contributed by atoms with E-state index in [0.29, 0.717) is 5.56 Å². The first-order chi connectivity index (χ1) is 18.0. The van der Waals surface area contributed by atoms with Crippen LogP contribution in [0.15, 0.2) is 72.8 Å². The lowest BCUT2D eigenvalue weighted by Gasteiger charge is -2.55. The lowest BCUT2D eigenvalue weighted by atomic mass is 9.49. The molecular weight excluding hydrogens is 460 g/mol. The van der Waals surface area contributed by atoms with Crippen LogP contribution in [0.2, 0.25) is 0 Å². The molecule has 2 amide bonds. The highest BCUT2D eigenvalue weighted by molar-refractivity contribution is 6.04. The van der Waals surface area contributed by atoms with Gasteiger partial charge >= 0.3 is 0 Å². The number of nitrogens with zero attached hydrogens (tertiary/aromatic N) is 1. The minimum atomic E-state index is -0.169. The number of fused-ring (bicyclic) bond motifs is 1. The lowest BCUT2D eigenvalue weighted by Crippen LogP contribution is -2.51. The molecule has 4 saturated carbocycles. The Morgan fingerprint density at radius 2 is 1.46 bits per heavy atom. The van der Waals surface area contributed by atoms with Gasteiger partial charge in [-0.3, -0.25) is 9.59 Å². The monoisotopic (exact) mass is 490 g/mol. The molecule has 6 heteroatoms. The number of rotatable bonds is 5.